The van der Waals surface area contributed by atoms with Crippen molar-refractivity contribution >= 4 is 12.0 Å². The van der Waals surface area contributed by atoms with Gasteiger partial charge < -0.3 is 4.74 Å². The van der Waals surface area contributed by atoms with E-state index in [1.54, 1.807) is 25.1 Å². The maximum atomic E-state index is 10.9. The molecule has 0 amide bonds. The molecule has 0 aromatic carbocycles. The highest BCUT2D eigenvalue weighted by atomic mass is 16.5. The van der Waals surface area contributed by atoms with E-state index >= 15 is 0 Å². The molecular formula is C10H12N2O3. The molecule has 0 atom stereocenters. The van der Waals surface area contributed by atoms with Gasteiger partial charge in [0.2, 0.25) is 0 Å². The molecule has 1 N–H and O–H groups in total. The lowest BCUT2D eigenvalue weighted by molar-refractivity contribution is -0.142. The van der Waals surface area contributed by atoms with Gasteiger partial charge in [0.1, 0.15) is 0 Å². The zero-order valence-corrected chi connectivity index (χ0v) is 8.40. The molecule has 1 aromatic rings. The van der Waals surface area contributed by atoms with Crippen molar-refractivity contribution in [2.75, 3.05) is 6.61 Å². The quantitative estimate of drug-likeness (QED) is 0.740. The van der Waals surface area contributed by atoms with Crippen LogP contribution in [0.3, 0.4) is 0 Å². The van der Waals surface area contributed by atoms with E-state index in [9.17, 15) is 9.59 Å². The number of hydrogen-bond donors (Lipinski definition) is 1. The lowest BCUT2D eigenvalue weighted by Gasteiger charge is -1.96. The maximum Gasteiger partial charge on any atom is 0.309 e. The van der Waals surface area contributed by atoms with E-state index in [4.69, 9.17) is 4.74 Å². The van der Waals surface area contributed by atoms with Crippen LogP contribution >= 0.6 is 0 Å². The molecule has 0 spiro atoms. The molecule has 0 aliphatic heterocycles. The molecule has 1 rings (SSSR count). The number of aromatic nitrogens is 2. The molecule has 0 radical (unpaired) electrons. The number of aromatic amines is 1. The summed E-state index contributed by atoms with van der Waals surface area (Å²) < 4.78 is 4.73. The number of ether oxygens (including phenoxy) is 1. The van der Waals surface area contributed by atoms with E-state index in [0.29, 0.717) is 12.3 Å². The van der Waals surface area contributed by atoms with Crippen LogP contribution in [-0.4, -0.2) is 22.8 Å². The lowest BCUT2D eigenvalue weighted by atomic mass is 10.3. The summed E-state index contributed by atoms with van der Waals surface area (Å²) in [5.41, 5.74) is 0.344. The van der Waals surface area contributed by atoms with Gasteiger partial charge in [-0.15, -0.1) is 0 Å². The number of nitrogens with one attached hydrogen (secondary N) is 1. The second kappa shape index (κ2) is 5.74. The van der Waals surface area contributed by atoms with Crippen LogP contribution in [0.2, 0.25) is 0 Å². The molecule has 15 heavy (non-hydrogen) atoms. The monoisotopic (exact) mass is 208 g/mol. The Bertz CT molecular complexity index is 389. The van der Waals surface area contributed by atoms with Crippen LogP contribution in [-0.2, 0) is 9.53 Å². The van der Waals surface area contributed by atoms with Gasteiger partial charge in [0, 0.05) is 6.07 Å². The summed E-state index contributed by atoms with van der Waals surface area (Å²) in [6.07, 6.45) is 3.49. The third kappa shape index (κ3) is 4.21. The number of rotatable bonds is 4. The number of nitrogens with zero attached hydrogens (tertiary/aromatic N) is 1. The van der Waals surface area contributed by atoms with E-state index in [2.05, 4.69) is 10.2 Å². The van der Waals surface area contributed by atoms with Crippen molar-refractivity contribution in [1.29, 1.82) is 0 Å². The molecule has 1 aromatic heterocycles. The van der Waals surface area contributed by atoms with Crippen LogP contribution in [0.15, 0.2) is 23.0 Å². The number of H-pyrrole nitrogens is 1. The third-order valence-corrected chi connectivity index (χ3v) is 1.58. The average molecular weight is 208 g/mol. The van der Waals surface area contributed by atoms with Crippen molar-refractivity contribution in [2.24, 2.45) is 0 Å². The van der Waals surface area contributed by atoms with Crippen LogP contribution in [0.1, 0.15) is 19.0 Å². The van der Waals surface area contributed by atoms with E-state index in [1.807, 2.05) is 0 Å². The normalized spacial score (nSPS) is 10.5. The van der Waals surface area contributed by atoms with Crippen LogP contribution in [0.5, 0.6) is 0 Å². The summed E-state index contributed by atoms with van der Waals surface area (Å²) >= 11 is 0. The molecular weight excluding hydrogens is 196 g/mol. The summed E-state index contributed by atoms with van der Waals surface area (Å²) in [6.45, 7) is 2.13. The molecule has 0 aliphatic rings. The van der Waals surface area contributed by atoms with E-state index in [-0.39, 0.29) is 17.9 Å². The number of esters is 1. The summed E-state index contributed by atoms with van der Waals surface area (Å²) in [5, 5.41) is 6.03. The van der Waals surface area contributed by atoms with Gasteiger partial charge in [0.25, 0.3) is 5.56 Å². The van der Waals surface area contributed by atoms with E-state index < -0.39 is 0 Å². The van der Waals surface area contributed by atoms with Crippen molar-refractivity contribution in [1.82, 2.24) is 10.2 Å². The van der Waals surface area contributed by atoms with E-state index in [1.165, 1.54) is 6.07 Å². The minimum absolute atomic E-state index is 0.203. The Kier molecular flexibility index (Phi) is 4.28. The first kappa shape index (κ1) is 11.2. The zero-order valence-electron chi connectivity index (χ0n) is 8.40. The van der Waals surface area contributed by atoms with Gasteiger partial charge in [0.15, 0.2) is 0 Å². The third-order valence-electron chi connectivity index (χ3n) is 1.58. The Morgan fingerprint density at radius 3 is 3.00 bits per heavy atom. The maximum absolute atomic E-state index is 10.9. The SMILES string of the molecule is CCOC(=O)CC=Cc1ccc(=O)[nH]n1. The smallest absolute Gasteiger partial charge is 0.309 e. The Hall–Kier alpha value is -1.91. The molecule has 1 heterocycles. The Balaban J connectivity index is 2.48. The largest absolute Gasteiger partial charge is 0.466 e. The highest BCUT2D eigenvalue weighted by Crippen LogP contribution is 1.96. The lowest BCUT2D eigenvalue weighted by Crippen LogP contribution is -2.05. The Morgan fingerprint density at radius 1 is 1.60 bits per heavy atom. The molecule has 0 saturated heterocycles. The van der Waals surface area contributed by atoms with Crippen molar-refractivity contribution in [3.63, 3.8) is 0 Å². The standard InChI is InChI=1S/C10H12N2O3/c1-2-15-10(14)5-3-4-8-6-7-9(13)12-11-8/h3-4,6-7H,2,5H2,1H3,(H,12,13). The summed E-state index contributed by atoms with van der Waals surface area (Å²) in [4.78, 5) is 21.6. The second-order valence-corrected chi connectivity index (χ2v) is 2.76. The average Bonchev–Trinajstić information content (AvgIpc) is 2.21. The van der Waals surface area contributed by atoms with Crippen molar-refractivity contribution in [3.8, 4) is 0 Å². The summed E-state index contributed by atoms with van der Waals surface area (Å²) in [5.74, 6) is -0.279. The molecule has 0 saturated carbocycles. The van der Waals surface area contributed by atoms with Crippen molar-refractivity contribution < 1.29 is 9.53 Å². The van der Waals surface area contributed by atoms with Gasteiger partial charge in [-0.05, 0) is 19.1 Å². The van der Waals surface area contributed by atoms with Crippen molar-refractivity contribution in [2.45, 2.75) is 13.3 Å². The molecule has 80 valence electrons. The zero-order chi connectivity index (χ0) is 11.1. The summed E-state index contributed by atoms with van der Waals surface area (Å²) in [6, 6.07) is 2.94. The van der Waals surface area contributed by atoms with Crippen molar-refractivity contribution in [3.05, 3.63) is 34.3 Å². The molecule has 5 heteroatoms. The molecule has 0 fully saturated rings. The van der Waals surface area contributed by atoms with Crippen LogP contribution < -0.4 is 5.56 Å². The van der Waals surface area contributed by atoms with E-state index in [0.717, 1.165) is 0 Å². The Morgan fingerprint density at radius 2 is 2.40 bits per heavy atom. The van der Waals surface area contributed by atoms with Crippen LogP contribution in [0, 0.1) is 0 Å². The molecule has 5 nitrogen and oxygen atoms in total. The predicted octanol–water partition coefficient (Wildman–Crippen LogP) is 0.736. The fourth-order valence-corrected chi connectivity index (χ4v) is 0.944. The highest BCUT2D eigenvalue weighted by Gasteiger charge is 1.96. The van der Waals surface area contributed by atoms with Crippen LogP contribution in [0.4, 0.5) is 0 Å². The number of carbonyl (C=O) groups excluding carboxylic acids is 1. The van der Waals surface area contributed by atoms with Crippen LogP contribution in [0.25, 0.3) is 6.08 Å². The predicted molar refractivity (Wildman–Crippen MR) is 55.1 cm³/mol. The second-order valence-electron chi connectivity index (χ2n) is 2.76. The minimum Gasteiger partial charge on any atom is -0.466 e. The van der Waals surface area contributed by atoms with Gasteiger partial charge >= 0.3 is 5.97 Å². The van der Waals surface area contributed by atoms with Gasteiger partial charge in [-0.25, -0.2) is 5.10 Å². The molecule has 0 unspecified atom stereocenters. The number of carbonyl (C=O) groups is 1. The van der Waals surface area contributed by atoms with Gasteiger partial charge in [-0.2, -0.15) is 5.10 Å². The summed E-state index contributed by atoms with van der Waals surface area (Å²) in [7, 11) is 0. The highest BCUT2D eigenvalue weighted by molar-refractivity contribution is 5.72. The van der Waals surface area contributed by atoms with Gasteiger partial charge in [-0.1, -0.05) is 6.08 Å². The topological polar surface area (TPSA) is 72.1 Å². The van der Waals surface area contributed by atoms with Gasteiger partial charge in [-0.3, -0.25) is 9.59 Å². The molecule has 0 bridgehead atoms. The number of hydrogen-bond acceptors (Lipinski definition) is 4. The fourth-order valence-electron chi connectivity index (χ4n) is 0.944. The first-order valence-electron chi connectivity index (χ1n) is 4.60. The first-order chi connectivity index (χ1) is 7.22. The van der Waals surface area contributed by atoms with Gasteiger partial charge in [0.05, 0.1) is 18.7 Å². The Labute approximate surface area is 86.8 Å². The molecule has 0 aliphatic carbocycles. The first-order valence-corrected chi connectivity index (χ1v) is 4.60. The minimum atomic E-state index is -0.279. The fraction of sp³-hybridized carbons (Fsp3) is 0.300.